The molecule has 3 rings (SSSR count). The van der Waals surface area contributed by atoms with Gasteiger partial charge in [-0.25, -0.2) is 4.98 Å². The monoisotopic (exact) mass is 381 g/mol. The first-order chi connectivity index (χ1) is 12.2. The molecule has 0 unspecified atom stereocenters. The number of halogens is 1. The van der Waals surface area contributed by atoms with E-state index in [1.165, 1.54) is 11.3 Å². The maximum absolute atomic E-state index is 12.6. The highest BCUT2D eigenvalue weighted by molar-refractivity contribution is 7.22. The normalized spacial score (nSPS) is 15.6. The fourth-order valence-corrected chi connectivity index (χ4v) is 4.24. The van der Waals surface area contributed by atoms with Gasteiger partial charge in [0.05, 0.1) is 23.4 Å². The van der Waals surface area contributed by atoms with Gasteiger partial charge in [0, 0.05) is 37.6 Å². The van der Waals surface area contributed by atoms with E-state index >= 15 is 0 Å². The minimum Gasteiger partial charge on any atom is -0.379 e. The first-order valence-corrected chi connectivity index (χ1v) is 10.0. The quantitative estimate of drug-likeness (QED) is 0.731. The Morgan fingerprint density at radius 3 is 2.96 bits per heavy atom. The van der Waals surface area contributed by atoms with E-state index in [1.54, 1.807) is 0 Å². The molecule has 0 atom stereocenters. The topological polar surface area (TPSA) is 45.7 Å². The van der Waals surface area contributed by atoms with E-state index in [-0.39, 0.29) is 5.91 Å². The molecule has 5 nitrogen and oxygen atoms in total. The van der Waals surface area contributed by atoms with Gasteiger partial charge in [0.1, 0.15) is 0 Å². The molecule has 1 aliphatic heterocycles. The third kappa shape index (κ3) is 4.91. The predicted octanol–water partition coefficient (Wildman–Crippen LogP) is 3.81. The number of carbonyl (C=O) groups is 1. The second-order valence-electron chi connectivity index (χ2n) is 6.21. The Morgan fingerprint density at radius 2 is 2.20 bits per heavy atom. The lowest BCUT2D eigenvalue weighted by Crippen LogP contribution is -2.39. The van der Waals surface area contributed by atoms with Crippen LogP contribution in [-0.4, -0.2) is 55.2 Å². The second kappa shape index (κ2) is 8.94. The van der Waals surface area contributed by atoms with Crippen LogP contribution in [0, 0.1) is 0 Å². The number of fused-ring (bicyclic) bond motifs is 1. The third-order valence-corrected chi connectivity index (χ3v) is 5.57. The van der Waals surface area contributed by atoms with Crippen LogP contribution < -0.4 is 4.90 Å². The first-order valence-electron chi connectivity index (χ1n) is 8.84. The van der Waals surface area contributed by atoms with Crippen molar-refractivity contribution in [2.45, 2.75) is 26.2 Å². The summed E-state index contributed by atoms with van der Waals surface area (Å²) in [4.78, 5) is 21.5. The van der Waals surface area contributed by atoms with Gasteiger partial charge in [0.2, 0.25) is 5.91 Å². The summed E-state index contributed by atoms with van der Waals surface area (Å²) in [5.41, 5.74) is 0.895. The fraction of sp³-hybridized carbons (Fsp3) is 0.556. The van der Waals surface area contributed by atoms with Gasteiger partial charge < -0.3 is 4.74 Å². The van der Waals surface area contributed by atoms with E-state index in [9.17, 15) is 4.79 Å². The van der Waals surface area contributed by atoms with Crippen molar-refractivity contribution in [2.75, 3.05) is 44.3 Å². The van der Waals surface area contributed by atoms with Crippen LogP contribution in [0.2, 0.25) is 5.02 Å². The van der Waals surface area contributed by atoms with Crippen LogP contribution >= 0.6 is 22.9 Å². The van der Waals surface area contributed by atoms with Crippen molar-refractivity contribution >= 4 is 44.2 Å². The average Bonchev–Trinajstić information content (AvgIpc) is 3.02. The summed E-state index contributed by atoms with van der Waals surface area (Å²) in [5, 5.41) is 1.47. The highest BCUT2D eigenvalue weighted by Crippen LogP contribution is 2.31. The Hall–Kier alpha value is -1.21. The standard InChI is InChI=1S/C18H24ClN3O2S/c1-2-4-17(23)22(8-3-7-21-9-11-24-12-10-21)18-20-15-6-5-14(19)13-16(15)25-18/h5-6,13H,2-4,7-12H2,1H3. The van der Waals surface area contributed by atoms with Crippen LogP contribution in [0.15, 0.2) is 18.2 Å². The molecular weight excluding hydrogens is 358 g/mol. The smallest absolute Gasteiger partial charge is 0.228 e. The number of amides is 1. The number of benzene rings is 1. The number of nitrogens with zero attached hydrogens (tertiary/aromatic N) is 3. The zero-order chi connectivity index (χ0) is 17.6. The lowest BCUT2D eigenvalue weighted by Gasteiger charge is -2.27. The summed E-state index contributed by atoms with van der Waals surface area (Å²) < 4.78 is 6.40. The van der Waals surface area contributed by atoms with Crippen LogP contribution in [-0.2, 0) is 9.53 Å². The van der Waals surface area contributed by atoms with Crippen LogP contribution in [0.25, 0.3) is 10.2 Å². The Bertz CT molecular complexity index is 715. The van der Waals surface area contributed by atoms with Crippen LogP contribution in [0.5, 0.6) is 0 Å². The minimum atomic E-state index is 0.148. The largest absolute Gasteiger partial charge is 0.379 e. The molecule has 2 aromatic rings. The average molecular weight is 382 g/mol. The van der Waals surface area contributed by atoms with Crippen molar-refractivity contribution in [2.24, 2.45) is 0 Å². The molecule has 1 aromatic carbocycles. The van der Waals surface area contributed by atoms with Crippen molar-refractivity contribution in [1.29, 1.82) is 0 Å². The van der Waals surface area contributed by atoms with E-state index < -0.39 is 0 Å². The molecule has 0 N–H and O–H groups in total. The van der Waals surface area contributed by atoms with Gasteiger partial charge in [0.25, 0.3) is 0 Å². The summed E-state index contributed by atoms with van der Waals surface area (Å²) in [6.07, 6.45) is 2.33. The molecule has 1 aromatic heterocycles. The highest BCUT2D eigenvalue weighted by Gasteiger charge is 2.19. The predicted molar refractivity (Wildman–Crippen MR) is 104 cm³/mol. The zero-order valence-corrected chi connectivity index (χ0v) is 16.1. The van der Waals surface area contributed by atoms with Crippen molar-refractivity contribution in [3.8, 4) is 0 Å². The summed E-state index contributed by atoms with van der Waals surface area (Å²) in [6.45, 7) is 7.26. The molecule has 1 aliphatic rings. The fourth-order valence-electron chi connectivity index (χ4n) is 2.95. The van der Waals surface area contributed by atoms with Gasteiger partial charge in [-0.05, 0) is 31.0 Å². The molecule has 1 amide bonds. The van der Waals surface area contributed by atoms with Gasteiger partial charge in [-0.3, -0.25) is 14.6 Å². The van der Waals surface area contributed by atoms with Crippen LogP contribution in [0.4, 0.5) is 5.13 Å². The van der Waals surface area contributed by atoms with Crippen molar-refractivity contribution in [3.05, 3.63) is 23.2 Å². The molecule has 136 valence electrons. The summed E-state index contributed by atoms with van der Waals surface area (Å²) in [6, 6.07) is 5.66. The number of ether oxygens (including phenoxy) is 1. The summed E-state index contributed by atoms with van der Waals surface area (Å²) in [7, 11) is 0. The van der Waals surface area contributed by atoms with E-state index in [0.29, 0.717) is 18.0 Å². The number of anilines is 1. The van der Waals surface area contributed by atoms with Crippen LogP contribution in [0.3, 0.4) is 0 Å². The Morgan fingerprint density at radius 1 is 1.40 bits per heavy atom. The Kier molecular flexibility index (Phi) is 6.64. The molecule has 7 heteroatoms. The molecule has 0 radical (unpaired) electrons. The highest BCUT2D eigenvalue weighted by atomic mass is 35.5. The minimum absolute atomic E-state index is 0.148. The molecular formula is C18H24ClN3O2S. The van der Waals surface area contributed by atoms with Gasteiger partial charge in [-0.1, -0.05) is 29.9 Å². The second-order valence-corrected chi connectivity index (χ2v) is 7.66. The molecule has 2 heterocycles. The van der Waals surface area contributed by atoms with Crippen molar-refractivity contribution in [1.82, 2.24) is 9.88 Å². The molecule has 1 fully saturated rings. The number of carbonyl (C=O) groups excluding carboxylic acids is 1. The zero-order valence-electron chi connectivity index (χ0n) is 14.5. The van der Waals surface area contributed by atoms with Gasteiger partial charge >= 0.3 is 0 Å². The third-order valence-electron chi connectivity index (χ3n) is 4.29. The van der Waals surface area contributed by atoms with Gasteiger partial charge in [0.15, 0.2) is 5.13 Å². The lowest BCUT2D eigenvalue weighted by molar-refractivity contribution is -0.118. The molecule has 0 aliphatic carbocycles. The number of aromatic nitrogens is 1. The van der Waals surface area contributed by atoms with Crippen molar-refractivity contribution < 1.29 is 9.53 Å². The molecule has 0 spiro atoms. The Labute approximate surface area is 157 Å². The lowest BCUT2D eigenvalue weighted by atomic mass is 10.2. The summed E-state index contributed by atoms with van der Waals surface area (Å²) in [5.74, 6) is 0.148. The molecule has 0 bridgehead atoms. The number of thiazole rings is 1. The van der Waals surface area contributed by atoms with E-state index in [1.807, 2.05) is 30.0 Å². The van der Waals surface area contributed by atoms with E-state index in [2.05, 4.69) is 9.88 Å². The SMILES string of the molecule is CCCC(=O)N(CCCN1CCOCC1)c1nc2ccc(Cl)cc2s1. The molecule has 25 heavy (non-hydrogen) atoms. The number of morpholine rings is 1. The number of hydrogen-bond acceptors (Lipinski definition) is 5. The Balaban J connectivity index is 1.70. The molecule has 1 saturated heterocycles. The first kappa shape index (κ1) is 18.6. The van der Waals surface area contributed by atoms with Crippen molar-refractivity contribution in [3.63, 3.8) is 0 Å². The summed E-state index contributed by atoms with van der Waals surface area (Å²) >= 11 is 7.61. The maximum Gasteiger partial charge on any atom is 0.228 e. The van der Waals surface area contributed by atoms with E-state index in [0.717, 1.165) is 61.0 Å². The number of hydrogen-bond donors (Lipinski definition) is 0. The van der Waals surface area contributed by atoms with E-state index in [4.69, 9.17) is 16.3 Å². The number of rotatable bonds is 7. The van der Waals surface area contributed by atoms with Crippen LogP contribution in [0.1, 0.15) is 26.2 Å². The molecule has 0 saturated carbocycles. The maximum atomic E-state index is 12.6. The van der Waals surface area contributed by atoms with Gasteiger partial charge in [-0.15, -0.1) is 0 Å². The van der Waals surface area contributed by atoms with Gasteiger partial charge in [-0.2, -0.15) is 0 Å².